The second-order valence-electron chi connectivity index (χ2n) is 8.67. The summed E-state index contributed by atoms with van der Waals surface area (Å²) in [6.07, 6.45) is 0.258. The minimum absolute atomic E-state index is 0.0785. The molecule has 2 rings (SSSR count). The Hall–Kier alpha value is -2.33. The summed E-state index contributed by atoms with van der Waals surface area (Å²) >= 11 is 5.99. The first kappa shape index (κ1) is 23.0. The molecular formula is C24H31ClN2O2. The Bertz CT molecular complexity index is 869. The number of aryl methyl sites for hydroxylation is 2. The highest BCUT2D eigenvalue weighted by atomic mass is 35.5. The number of halogens is 1. The van der Waals surface area contributed by atoms with E-state index in [-0.39, 0.29) is 23.8 Å². The topological polar surface area (TPSA) is 49.4 Å². The van der Waals surface area contributed by atoms with Gasteiger partial charge in [0.2, 0.25) is 11.8 Å². The molecule has 0 aliphatic heterocycles. The first-order valence-corrected chi connectivity index (χ1v) is 10.3. The van der Waals surface area contributed by atoms with Gasteiger partial charge in [-0.2, -0.15) is 0 Å². The van der Waals surface area contributed by atoms with Gasteiger partial charge in [-0.25, -0.2) is 0 Å². The van der Waals surface area contributed by atoms with E-state index in [2.05, 4.69) is 5.32 Å². The van der Waals surface area contributed by atoms with Crippen LogP contribution in [0.2, 0.25) is 5.02 Å². The van der Waals surface area contributed by atoms with E-state index in [4.69, 9.17) is 11.6 Å². The van der Waals surface area contributed by atoms with Crippen molar-refractivity contribution >= 4 is 23.4 Å². The molecule has 0 saturated carbocycles. The van der Waals surface area contributed by atoms with Crippen molar-refractivity contribution in [3.63, 3.8) is 0 Å². The van der Waals surface area contributed by atoms with Gasteiger partial charge in [0.15, 0.2) is 0 Å². The zero-order valence-corrected chi connectivity index (χ0v) is 18.9. The van der Waals surface area contributed by atoms with Crippen LogP contribution >= 0.6 is 11.6 Å². The van der Waals surface area contributed by atoms with Gasteiger partial charge in [0, 0.05) is 17.1 Å². The average Bonchev–Trinajstić information content (AvgIpc) is 2.62. The molecule has 1 unspecified atom stereocenters. The van der Waals surface area contributed by atoms with Crippen LogP contribution < -0.4 is 5.32 Å². The van der Waals surface area contributed by atoms with Gasteiger partial charge in [-0.3, -0.25) is 9.59 Å². The molecule has 2 aromatic carbocycles. The van der Waals surface area contributed by atoms with Crippen molar-refractivity contribution in [1.29, 1.82) is 0 Å². The maximum absolute atomic E-state index is 13.3. The number of nitrogens with one attached hydrogen (secondary N) is 1. The molecule has 1 N–H and O–H groups in total. The number of benzene rings is 2. The highest BCUT2D eigenvalue weighted by Gasteiger charge is 2.28. The highest BCUT2D eigenvalue weighted by molar-refractivity contribution is 6.30. The molecule has 1 atom stereocenters. The summed E-state index contributed by atoms with van der Waals surface area (Å²) in [5.41, 5.74) is 3.73. The van der Waals surface area contributed by atoms with E-state index in [1.807, 2.05) is 65.0 Å². The molecule has 0 aliphatic rings. The van der Waals surface area contributed by atoms with Gasteiger partial charge in [0.25, 0.3) is 0 Å². The van der Waals surface area contributed by atoms with Crippen molar-refractivity contribution in [3.8, 4) is 0 Å². The molecule has 2 amide bonds. The summed E-state index contributed by atoms with van der Waals surface area (Å²) in [6.45, 7) is 11.9. The number of hydrogen-bond donors (Lipinski definition) is 1. The molecule has 0 aliphatic carbocycles. The monoisotopic (exact) mass is 414 g/mol. The molecule has 0 fully saturated rings. The van der Waals surface area contributed by atoms with E-state index >= 15 is 0 Å². The van der Waals surface area contributed by atoms with Gasteiger partial charge >= 0.3 is 0 Å². The van der Waals surface area contributed by atoms with Crippen LogP contribution in [-0.2, 0) is 22.6 Å². The molecule has 0 heterocycles. The number of carbonyl (C=O) groups excluding carboxylic acids is 2. The predicted molar refractivity (Wildman–Crippen MR) is 119 cm³/mol. The minimum atomic E-state index is -0.595. The lowest BCUT2D eigenvalue weighted by atomic mass is 10.0. The van der Waals surface area contributed by atoms with E-state index in [9.17, 15) is 9.59 Å². The average molecular weight is 415 g/mol. The Kier molecular flexibility index (Phi) is 7.48. The number of hydrogen-bond acceptors (Lipinski definition) is 2. The zero-order chi connectivity index (χ0) is 21.8. The van der Waals surface area contributed by atoms with Crippen molar-refractivity contribution in [3.05, 3.63) is 69.7 Å². The number of nitrogens with zero attached hydrogens (tertiary/aromatic N) is 1. The van der Waals surface area contributed by atoms with Gasteiger partial charge in [-0.05, 0) is 70.4 Å². The third-order valence-electron chi connectivity index (χ3n) is 4.78. The molecule has 4 nitrogen and oxygen atoms in total. The Morgan fingerprint density at radius 3 is 2.28 bits per heavy atom. The SMILES string of the molecule is Cc1ccc(C)c(CC(=O)N(Cc2ccc(Cl)cc2)C(C)C(=O)NC(C)(C)C)c1. The van der Waals surface area contributed by atoms with Crippen LogP contribution in [0.25, 0.3) is 0 Å². The lowest BCUT2D eigenvalue weighted by molar-refractivity contribution is -0.140. The normalized spacial score (nSPS) is 12.4. The standard InChI is InChI=1S/C24H31ClN2O2/c1-16-7-8-17(2)20(13-16)14-22(28)27(15-19-9-11-21(25)12-10-19)18(3)23(29)26-24(4,5)6/h7-13,18H,14-15H2,1-6H3,(H,26,29). The molecule has 0 aromatic heterocycles. The molecule has 0 radical (unpaired) electrons. The maximum Gasteiger partial charge on any atom is 0.242 e. The van der Waals surface area contributed by atoms with E-state index in [0.29, 0.717) is 11.6 Å². The van der Waals surface area contributed by atoms with Crippen LogP contribution in [0.1, 0.15) is 49.9 Å². The Morgan fingerprint density at radius 1 is 1.07 bits per heavy atom. The van der Waals surface area contributed by atoms with Crippen LogP contribution in [0.5, 0.6) is 0 Å². The van der Waals surface area contributed by atoms with Gasteiger partial charge in [0.1, 0.15) is 6.04 Å². The van der Waals surface area contributed by atoms with Crippen molar-refractivity contribution in [1.82, 2.24) is 10.2 Å². The summed E-state index contributed by atoms with van der Waals surface area (Å²) in [4.78, 5) is 27.7. The second-order valence-corrected chi connectivity index (χ2v) is 9.11. The summed E-state index contributed by atoms with van der Waals surface area (Å²) in [7, 11) is 0. The lowest BCUT2D eigenvalue weighted by Gasteiger charge is -2.31. The third kappa shape index (κ3) is 6.90. The maximum atomic E-state index is 13.3. The fourth-order valence-electron chi connectivity index (χ4n) is 3.10. The predicted octanol–water partition coefficient (Wildman–Crippen LogP) is 4.83. The van der Waals surface area contributed by atoms with E-state index < -0.39 is 6.04 Å². The summed E-state index contributed by atoms with van der Waals surface area (Å²) in [5, 5.41) is 3.62. The molecule has 0 saturated heterocycles. The molecule has 29 heavy (non-hydrogen) atoms. The molecule has 5 heteroatoms. The summed E-state index contributed by atoms with van der Waals surface area (Å²) < 4.78 is 0. The summed E-state index contributed by atoms with van der Waals surface area (Å²) in [6, 6.07) is 12.9. The van der Waals surface area contributed by atoms with Crippen LogP contribution in [0, 0.1) is 13.8 Å². The van der Waals surface area contributed by atoms with E-state index in [1.165, 1.54) is 0 Å². The fraction of sp³-hybridized carbons (Fsp3) is 0.417. The van der Waals surface area contributed by atoms with Gasteiger partial charge in [0.05, 0.1) is 6.42 Å². The number of carbonyl (C=O) groups is 2. The summed E-state index contributed by atoms with van der Waals surface area (Å²) in [5.74, 6) is -0.244. The Labute approximate surface area is 179 Å². The fourth-order valence-corrected chi connectivity index (χ4v) is 3.22. The van der Waals surface area contributed by atoms with Crippen molar-refractivity contribution in [2.24, 2.45) is 0 Å². The third-order valence-corrected chi connectivity index (χ3v) is 5.03. The van der Waals surface area contributed by atoms with Crippen molar-refractivity contribution in [2.75, 3.05) is 0 Å². The van der Waals surface area contributed by atoms with Crippen LogP contribution in [0.4, 0.5) is 0 Å². The molecule has 0 spiro atoms. The Balaban J connectivity index is 2.29. The highest BCUT2D eigenvalue weighted by Crippen LogP contribution is 2.18. The van der Waals surface area contributed by atoms with Crippen LogP contribution in [0.3, 0.4) is 0 Å². The molecular weight excluding hydrogens is 384 g/mol. The molecule has 2 aromatic rings. The van der Waals surface area contributed by atoms with Gasteiger partial charge < -0.3 is 10.2 Å². The van der Waals surface area contributed by atoms with Crippen molar-refractivity contribution < 1.29 is 9.59 Å². The second kappa shape index (κ2) is 9.45. The van der Waals surface area contributed by atoms with Crippen LogP contribution in [0.15, 0.2) is 42.5 Å². The first-order chi connectivity index (χ1) is 13.5. The quantitative estimate of drug-likeness (QED) is 0.735. The number of rotatable bonds is 6. The minimum Gasteiger partial charge on any atom is -0.350 e. The van der Waals surface area contributed by atoms with E-state index in [1.54, 1.807) is 24.0 Å². The molecule has 0 bridgehead atoms. The largest absolute Gasteiger partial charge is 0.350 e. The first-order valence-electron chi connectivity index (χ1n) is 9.88. The number of amides is 2. The Morgan fingerprint density at radius 2 is 1.69 bits per heavy atom. The molecule has 156 valence electrons. The van der Waals surface area contributed by atoms with E-state index in [0.717, 1.165) is 22.3 Å². The van der Waals surface area contributed by atoms with Crippen molar-refractivity contribution in [2.45, 2.75) is 66.1 Å². The van der Waals surface area contributed by atoms with Crippen LogP contribution in [-0.4, -0.2) is 28.3 Å². The van der Waals surface area contributed by atoms with Gasteiger partial charge in [-0.1, -0.05) is 47.5 Å². The zero-order valence-electron chi connectivity index (χ0n) is 18.2. The lowest BCUT2D eigenvalue weighted by Crippen LogP contribution is -2.52. The smallest absolute Gasteiger partial charge is 0.242 e. The van der Waals surface area contributed by atoms with Gasteiger partial charge in [-0.15, -0.1) is 0 Å².